The number of amides is 2. The van der Waals surface area contributed by atoms with E-state index in [0.717, 1.165) is 5.39 Å². The molecule has 1 aliphatic rings. The number of fused-ring (bicyclic) bond motifs is 2. The number of aromatic nitrogens is 4. The topological polar surface area (TPSA) is 114 Å². The van der Waals surface area contributed by atoms with Crippen molar-refractivity contribution >= 4 is 40.0 Å². The van der Waals surface area contributed by atoms with Crippen LogP contribution in [0, 0.1) is 12.4 Å². The number of primary amides is 1. The third kappa shape index (κ3) is 3.66. The van der Waals surface area contributed by atoms with Crippen LogP contribution in [0.15, 0.2) is 36.5 Å². The van der Waals surface area contributed by atoms with Gasteiger partial charge in [0.1, 0.15) is 11.5 Å². The molecule has 0 spiro atoms. The standard InChI is InChI=1S/C23H17ClFN7O2/c1-27-17-3-2-12(6-16(17)25)7-19(33)31-4-5-32-18(11-31)20(23(26)34)22(30-32)13-8-14-10-28-29-21(14)15(24)9-13/h2-3,6,8-10H,4-5,7,11H2,(H2,26,34)(H,28,29). The number of hydrogen-bond acceptors (Lipinski definition) is 4. The van der Waals surface area contributed by atoms with Crippen molar-refractivity contribution in [3.8, 4) is 11.3 Å². The maximum Gasteiger partial charge on any atom is 0.252 e. The lowest BCUT2D eigenvalue weighted by Crippen LogP contribution is -2.40. The van der Waals surface area contributed by atoms with Crippen molar-refractivity contribution < 1.29 is 14.0 Å². The van der Waals surface area contributed by atoms with Crippen LogP contribution in [0.5, 0.6) is 0 Å². The minimum Gasteiger partial charge on any atom is -0.365 e. The number of aromatic amines is 1. The van der Waals surface area contributed by atoms with Crippen molar-refractivity contribution in [2.24, 2.45) is 5.73 Å². The first kappa shape index (κ1) is 21.6. The van der Waals surface area contributed by atoms with E-state index < -0.39 is 11.7 Å². The normalized spacial score (nSPS) is 13.0. The van der Waals surface area contributed by atoms with Crippen LogP contribution >= 0.6 is 11.6 Å². The molecule has 0 aliphatic carbocycles. The second kappa shape index (κ2) is 8.28. The van der Waals surface area contributed by atoms with Crippen LogP contribution in [0.25, 0.3) is 27.0 Å². The van der Waals surface area contributed by atoms with Crippen molar-refractivity contribution in [3.63, 3.8) is 0 Å². The number of nitrogens with one attached hydrogen (secondary N) is 1. The molecule has 34 heavy (non-hydrogen) atoms. The first-order chi connectivity index (χ1) is 16.4. The van der Waals surface area contributed by atoms with Crippen molar-refractivity contribution in [2.75, 3.05) is 6.54 Å². The number of nitrogens with two attached hydrogens (primary N) is 1. The van der Waals surface area contributed by atoms with Crippen LogP contribution < -0.4 is 5.73 Å². The van der Waals surface area contributed by atoms with E-state index in [4.69, 9.17) is 23.9 Å². The summed E-state index contributed by atoms with van der Waals surface area (Å²) in [6, 6.07) is 7.62. The van der Waals surface area contributed by atoms with Crippen LogP contribution in [-0.2, 0) is 24.3 Å². The summed E-state index contributed by atoms with van der Waals surface area (Å²) >= 11 is 6.37. The van der Waals surface area contributed by atoms with Crippen LogP contribution in [-0.4, -0.2) is 43.2 Å². The molecule has 0 bridgehead atoms. The molecule has 5 rings (SSSR count). The Bertz CT molecular complexity index is 1520. The third-order valence-electron chi connectivity index (χ3n) is 5.84. The first-order valence-electron chi connectivity index (χ1n) is 10.3. The van der Waals surface area contributed by atoms with Gasteiger partial charge in [-0.1, -0.05) is 23.7 Å². The zero-order chi connectivity index (χ0) is 24.0. The van der Waals surface area contributed by atoms with E-state index >= 15 is 0 Å². The fourth-order valence-electron chi connectivity index (χ4n) is 4.18. The van der Waals surface area contributed by atoms with Gasteiger partial charge in [-0.3, -0.25) is 19.4 Å². The van der Waals surface area contributed by atoms with E-state index in [-0.39, 0.29) is 30.1 Å². The largest absolute Gasteiger partial charge is 0.365 e. The Morgan fingerprint density at radius 1 is 1.26 bits per heavy atom. The van der Waals surface area contributed by atoms with Gasteiger partial charge in [-0.15, -0.1) is 0 Å². The third-order valence-corrected chi connectivity index (χ3v) is 6.14. The minimum absolute atomic E-state index is 0.0329. The summed E-state index contributed by atoms with van der Waals surface area (Å²) in [7, 11) is 0. The Hall–Kier alpha value is -4.23. The average molecular weight is 478 g/mol. The monoisotopic (exact) mass is 477 g/mol. The Morgan fingerprint density at radius 3 is 2.82 bits per heavy atom. The second-order valence-electron chi connectivity index (χ2n) is 7.94. The summed E-state index contributed by atoms with van der Waals surface area (Å²) in [5.74, 6) is -1.56. The summed E-state index contributed by atoms with van der Waals surface area (Å²) < 4.78 is 15.6. The predicted octanol–water partition coefficient (Wildman–Crippen LogP) is 3.45. The van der Waals surface area contributed by atoms with Gasteiger partial charge >= 0.3 is 0 Å². The molecule has 3 N–H and O–H groups in total. The molecule has 2 aromatic heterocycles. The van der Waals surface area contributed by atoms with Gasteiger partial charge in [0.25, 0.3) is 5.91 Å². The molecule has 4 aromatic rings. The Labute approximate surface area is 197 Å². The van der Waals surface area contributed by atoms with E-state index in [1.165, 1.54) is 12.1 Å². The molecule has 170 valence electrons. The molecule has 0 atom stereocenters. The summed E-state index contributed by atoms with van der Waals surface area (Å²) in [5, 5.41) is 12.6. The molecule has 0 saturated carbocycles. The predicted molar refractivity (Wildman–Crippen MR) is 123 cm³/mol. The van der Waals surface area contributed by atoms with Crippen molar-refractivity contribution in [2.45, 2.75) is 19.5 Å². The van der Waals surface area contributed by atoms with E-state index in [9.17, 15) is 14.0 Å². The zero-order valence-electron chi connectivity index (χ0n) is 17.7. The van der Waals surface area contributed by atoms with E-state index in [1.54, 1.807) is 27.9 Å². The van der Waals surface area contributed by atoms with E-state index in [1.807, 2.05) is 6.07 Å². The molecule has 3 heterocycles. The summed E-state index contributed by atoms with van der Waals surface area (Å²) in [6.45, 7) is 7.81. The average Bonchev–Trinajstić information content (AvgIpc) is 3.43. The zero-order valence-corrected chi connectivity index (χ0v) is 18.4. The van der Waals surface area contributed by atoms with Gasteiger partial charge in [-0.2, -0.15) is 10.2 Å². The Kier molecular flexibility index (Phi) is 5.26. The van der Waals surface area contributed by atoms with Crippen LogP contribution in [0.3, 0.4) is 0 Å². The maximum atomic E-state index is 13.9. The molecule has 0 saturated heterocycles. The number of hydrogen-bond donors (Lipinski definition) is 2. The van der Waals surface area contributed by atoms with E-state index in [0.29, 0.717) is 46.1 Å². The SMILES string of the molecule is [C-]#[N+]c1ccc(CC(=O)N2CCn3nc(-c4cc(Cl)c5[nH]ncc5c4)c(C(N)=O)c3C2)cc1F. The molecular weight excluding hydrogens is 461 g/mol. The Balaban J connectivity index is 1.46. The maximum absolute atomic E-state index is 13.9. The molecule has 2 amide bonds. The highest BCUT2D eigenvalue weighted by atomic mass is 35.5. The number of nitrogens with zero attached hydrogens (tertiary/aromatic N) is 5. The molecule has 2 aromatic carbocycles. The molecule has 0 unspecified atom stereocenters. The van der Waals surface area contributed by atoms with Gasteiger partial charge in [-0.05, 0) is 23.8 Å². The fraction of sp³-hybridized carbons (Fsp3) is 0.174. The van der Waals surface area contributed by atoms with Gasteiger partial charge in [0.05, 0.1) is 54.1 Å². The first-order valence-corrected chi connectivity index (χ1v) is 10.7. The fourth-order valence-corrected chi connectivity index (χ4v) is 4.45. The van der Waals surface area contributed by atoms with Crippen LogP contribution in [0.1, 0.15) is 21.6 Å². The van der Waals surface area contributed by atoms with Gasteiger partial charge in [0.15, 0.2) is 0 Å². The van der Waals surface area contributed by atoms with Gasteiger partial charge < -0.3 is 10.6 Å². The van der Waals surface area contributed by atoms with E-state index in [2.05, 4.69) is 20.1 Å². The molecule has 0 fully saturated rings. The van der Waals surface area contributed by atoms with Gasteiger partial charge in [0, 0.05) is 17.5 Å². The number of H-pyrrole nitrogens is 1. The molecule has 9 nitrogen and oxygen atoms in total. The van der Waals surface area contributed by atoms with Gasteiger partial charge in [0.2, 0.25) is 11.6 Å². The number of carbonyl (C=O) groups excluding carboxylic acids is 2. The van der Waals surface area contributed by atoms with Gasteiger partial charge in [-0.25, -0.2) is 9.24 Å². The van der Waals surface area contributed by atoms with Crippen molar-refractivity contribution in [1.29, 1.82) is 0 Å². The van der Waals surface area contributed by atoms with Crippen LogP contribution in [0.4, 0.5) is 10.1 Å². The highest BCUT2D eigenvalue weighted by molar-refractivity contribution is 6.35. The van der Waals surface area contributed by atoms with Crippen molar-refractivity contribution in [3.05, 3.63) is 75.6 Å². The summed E-state index contributed by atoms with van der Waals surface area (Å²) in [4.78, 5) is 30.0. The summed E-state index contributed by atoms with van der Waals surface area (Å²) in [6.07, 6.45) is 1.59. The second-order valence-corrected chi connectivity index (χ2v) is 8.35. The number of carbonyl (C=O) groups is 2. The smallest absolute Gasteiger partial charge is 0.252 e. The quantitative estimate of drug-likeness (QED) is 0.438. The number of halogens is 2. The molecule has 0 radical (unpaired) electrons. The highest BCUT2D eigenvalue weighted by Gasteiger charge is 2.30. The molecule has 11 heteroatoms. The summed E-state index contributed by atoms with van der Waals surface area (Å²) in [5.41, 5.74) is 8.53. The lowest BCUT2D eigenvalue weighted by molar-refractivity contribution is -0.132. The molecular formula is C23H17ClFN7O2. The lowest BCUT2D eigenvalue weighted by atomic mass is 10.0. The minimum atomic E-state index is -0.661. The van der Waals surface area contributed by atoms with Crippen LogP contribution in [0.2, 0.25) is 5.02 Å². The number of benzene rings is 2. The number of rotatable bonds is 4. The lowest BCUT2D eigenvalue weighted by Gasteiger charge is -2.28. The highest BCUT2D eigenvalue weighted by Crippen LogP contribution is 2.33. The van der Waals surface area contributed by atoms with Crippen molar-refractivity contribution in [1.82, 2.24) is 24.9 Å². The molecule has 1 aliphatic heterocycles. The Morgan fingerprint density at radius 2 is 2.09 bits per heavy atom.